The summed E-state index contributed by atoms with van der Waals surface area (Å²) in [7, 11) is -3.88. The Morgan fingerprint density at radius 3 is 2.65 bits per heavy atom. The van der Waals surface area contributed by atoms with Crippen LogP contribution >= 0.6 is 23.1 Å². The van der Waals surface area contributed by atoms with E-state index in [2.05, 4.69) is 16.8 Å². The molecule has 0 saturated carbocycles. The van der Waals surface area contributed by atoms with E-state index in [1.165, 1.54) is 22.0 Å². The summed E-state index contributed by atoms with van der Waals surface area (Å²) < 4.78 is 27.2. The van der Waals surface area contributed by atoms with Gasteiger partial charge in [-0.1, -0.05) is 6.07 Å². The lowest BCUT2D eigenvalue weighted by Gasteiger charge is -2.34. The minimum Gasteiger partial charge on any atom is -0.337 e. The van der Waals surface area contributed by atoms with Crippen LogP contribution in [0.3, 0.4) is 0 Å². The fraction of sp³-hybridized carbons (Fsp3) is 0.421. The molecule has 1 aliphatic heterocycles. The summed E-state index contributed by atoms with van der Waals surface area (Å²) in [6.07, 6.45) is 0. The van der Waals surface area contributed by atoms with Crippen molar-refractivity contribution in [3.8, 4) is 0 Å². The van der Waals surface area contributed by atoms with Gasteiger partial charge in [-0.05, 0) is 34.9 Å². The van der Waals surface area contributed by atoms with Gasteiger partial charge >= 0.3 is 6.03 Å². The van der Waals surface area contributed by atoms with Gasteiger partial charge in [-0.2, -0.15) is 27.4 Å². The van der Waals surface area contributed by atoms with Crippen LogP contribution in [-0.2, 0) is 15.8 Å². The van der Waals surface area contributed by atoms with E-state index >= 15 is 0 Å². The molecule has 0 atom stereocenters. The van der Waals surface area contributed by atoms with E-state index in [9.17, 15) is 23.3 Å². The van der Waals surface area contributed by atoms with Crippen molar-refractivity contribution in [1.29, 1.82) is 0 Å². The van der Waals surface area contributed by atoms with Crippen molar-refractivity contribution in [2.45, 2.75) is 17.6 Å². The number of amides is 2. The molecule has 1 saturated heterocycles. The highest BCUT2D eigenvalue weighted by atomic mass is 32.2. The van der Waals surface area contributed by atoms with Crippen LogP contribution in [0.5, 0.6) is 0 Å². The van der Waals surface area contributed by atoms with Gasteiger partial charge in [0.15, 0.2) is 0 Å². The van der Waals surface area contributed by atoms with Crippen LogP contribution in [-0.4, -0.2) is 67.1 Å². The van der Waals surface area contributed by atoms with Crippen LogP contribution in [0.2, 0.25) is 0 Å². The number of urea groups is 1. The predicted octanol–water partition coefficient (Wildman–Crippen LogP) is 2.91. The number of piperazine rings is 1. The standard InChI is InChI=1S/C19H24N4O5S3/c1-15-2-3-17(23(25)26)12-18(15)31(27,28)22-8-6-21(7-9-22)19(24)20-5-11-30-14-16-4-10-29-13-16/h2-4,10,12-13H,5-9,11,14H2,1H3,(H,20,24). The van der Waals surface area contributed by atoms with Crippen molar-refractivity contribution in [2.24, 2.45) is 0 Å². The smallest absolute Gasteiger partial charge is 0.317 e. The third kappa shape index (κ3) is 5.97. The molecule has 9 nitrogen and oxygen atoms in total. The zero-order valence-electron chi connectivity index (χ0n) is 17.0. The van der Waals surface area contributed by atoms with Crippen LogP contribution in [0.25, 0.3) is 0 Å². The van der Waals surface area contributed by atoms with Crippen LogP contribution < -0.4 is 5.32 Å². The minimum absolute atomic E-state index is 0.0674. The number of nitro groups is 1. The Bertz CT molecular complexity index is 1020. The first kappa shape index (κ1) is 23.5. The first-order valence-electron chi connectivity index (χ1n) is 9.66. The Balaban J connectivity index is 1.48. The third-order valence-corrected chi connectivity index (χ3v) is 8.70. The van der Waals surface area contributed by atoms with Gasteiger partial charge in [0.25, 0.3) is 5.69 Å². The molecule has 12 heteroatoms. The van der Waals surface area contributed by atoms with Crippen molar-refractivity contribution >= 4 is 44.8 Å². The number of benzene rings is 1. The second-order valence-electron chi connectivity index (χ2n) is 7.01. The molecule has 1 N–H and O–H groups in total. The number of nitro benzene ring substituents is 1. The van der Waals surface area contributed by atoms with Crippen LogP contribution in [0, 0.1) is 17.0 Å². The highest BCUT2D eigenvalue weighted by Crippen LogP contribution is 2.25. The number of non-ortho nitro benzene ring substituents is 1. The highest BCUT2D eigenvalue weighted by Gasteiger charge is 2.32. The van der Waals surface area contributed by atoms with Gasteiger partial charge in [0, 0.05) is 56.4 Å². The molecule has 1 aromatic heterocycles. The fourth-order valence-electron chi connectivity index (χ4n) is 3.16. The first-order chi connectivity index (χ1) is 14.8. The molecule has 3 rings (SSSR count). The van der Waals surface area contributed by atoms with Crippen molar-refractivity contribution in [3.05, 3.63) is 56.3 Å². The maximum absolute atomic E-state index is 13.0. The largest absolute Gasteiger partial charge is 0.337 e. The second kappa shape index (κ2) is 10.4. The third-order valence-electron chi connectivity index (χ3n) is 4.90. The number of thiophene rings is 1. The number of carbonyl (C=O) groups excluding carboxylic acids is 1. The summed E-state index contributed by atoms with van der Waals surface area (Å²) in [6, 6.07) is 5.69. The molecule has 0 bridgehead atoms. The van der Waals surface area contributed by atoms with Crippen LogP contribution in [0.4, 0.5) is 10.5 Å². The van der Waals surface area contributed by atoms with Gasteiger partial charge in [0.2, 0.25) is 10.0 Å². The average Bonchev–Trinajstić information content (AvgIpc) is 3.27. The van der Waals surface area contributed by atoms with Crippen molar-refractivity contribution in [3.63, 3.8) is 0 Å². The molecule has 1 fully saturated rings. The normalized spacial score (nSPS) is 15.1. The Morgan fingerprint density at radius 1 is 1.26 bits per heavy atom. The monoisotopic (exact) mass is 484 g/mol. The molecule has 168 valence electrons. The Kier molecular flexibility index (Phi) is 7.92. The van der Waals surface area contributed by atoms with E-state index in [0.717, 1.165) is 17.6 Å². The van der Waals surface area contributed by atoms with Gasteiger partial charge < -0.3 is 10.2 Å². The van der Waals surface area contributed by atoms with Gasteiger partial charge in [-0.3, -0.25) is 10.1 Å². The highest BCUT2D eigenvalue weighted by molar-refractivity contribution is 7.98. The van der Waals surface area contributed by atoms with Crippen LogP contribution in [0.1, 0.15) is 11.1 Å². The molecular formula is C19H24N4O5S3. The number of nitrogens with zero attached hydrogens (tertiary/aromatic N) is 3. The van der Waals surface area contributed by atoms with E-state index in [0.29, 0.717) is 12.1 Å². The zero-order valence-corrected chi connectivity index (χ0v) is 19.5. The molecule has 2 heterocycles. The molecule has 0 unspecified atom stereocenters. The number of aryl methyl sites for hydroxylation is 1. The van der Waals surface area contributed by atoms with E-state index in [-0.39, 0.29) is 42.8 Å². The number of sulfonamides is 1. The molecule has 1 aromatic carbocycles. The quantitative estimate of drug-likeness (QED) is 0.350. The second-order valence-corrected chi connectivity index (χ2v) is 10.8. The maximum atomic E-state index is 13.0. The number of thioether (sulfide) groups is 1. The van der Waals surface area contributed by atoms with Gasteiger partial charge in [0.05, 0.1) is 9.82 Å². The van der Waals surface area contributed by atoms with Crippen LogP contribution in [0.15, 0.2) is 39.9 Å². The maximum Gasteiger partial charge on any atom is 0.317 e. The van der Waals surface area contributed by atoms with Crippen molar-refractivity contribution in [2.75, 3.05) is 38.5 Å². The van der Waals surface area contributed by atoms with Gasteiger partial charge in [0.1, 0.15) is 0 Å². The van der Waals surface area contributed by atoms with Crippen molar-refractivity contribution in [1.82, 2.24) is 14.5 Å². The SMILES string of the molecule is Cc1ccc([N+](=O)[O-])cc1S(=O)(=O)N1CCN(C(=O)NCCSCc2ccsc2)CC1. The predicted molar refractivity (Wildman–Crippen MR) is 122 cm³/mol. The van der Waals surface area contributed by atoms with E-state index < -0.39 is 14.9 Å². The lowest BCUT2D eigenvalue weighted by Crippen LogP contribution is -2.53. The summed E-state index contributed by atoms with van der Waals surface area (Å²) in [5.41, 5.74) is 1.46. The molecule has 0 spiro atoms. The number of rotatable bonds is 8. The van der Waals surface area contributed by atoms with E-state index in [4.69, 9.17) is 0 Å². The Hall–Kier alpha value is -2.15. The molecule has 0 aliphatic carbocycles. The average molecular weight is 485 g/mol. The summed E-state index contributed by atoms with van der Waals surface area (Å²) in [4.78, 5) is 24.3. The zero-order chi connectivity index (χ0) is 22.4. The lowest BCUT2D eigenvalue weighted by atomic mass is 10.2. The molecule has 2 aromatic rings. The summed E-state index contributed by atoms with van der Waals surface area (Å²) >= 11 is 3.41. The molecular weight excluding hydrogens is 460 g/mol. The number of hydrogen-bond acceptors (Lipinski definition) is 7. The van der Waals surface area contributed by atoms with E-state index in [1.54, 1.807) is 34.9 Å². The summed E-state index contributed by atoms with van der Waals surface area (Å²) in [6.45, 7) is 2.97. The van der Waals surface area contributed by atoms with Gasteiger partial charge in [-0.15, -0.1) is 0 Å². The molecule has 1 aliphatic rings. The minimum atomic E-state index is -3.88. The molecule has 0 radical (unpaired) electrons. The lowest BCUT2D eigenvalue weighted by molar-refractivity contribution is -0.385. The molecule has 31 heavy (non-hydrogen) atoms. The van der Waals surface area contributed by atoms with E-state index in [1.807, 2.05) is 5.38 Å². The fourth-order valence-corrected chi connectivity index (χ4v) is 6.40. The first-order valence-corrected chi connectivity index (χ1v) is 13.2. The topological polar surface area (TPSA) is 113 Å². The molecule has 2 amide bonds. The Labute approximate surface area is 189 Å². The number of nitrogens with one attached hydrogen (secondary N) is 1. The summed E-state index contributed by atoms with van der Waals surface area (Å²) in [5.74, 6) is 1.70. The van der Waals surface area contributed by atoms with Crippen molar-refractivity contribution < 1.29 is 18.1 Å². The Morgan fingerprint density at radius 2 is 2.00 bits per heavy atom. The summed E-state index contributed by atoms with van der Waals surface area (Å²) in [5, 5.41) is 18.0. The van der Waals surface area contributed by atoms with Gasteiger partial charge in [-0.25, -0.2) is 13.2 Å². The number of carbonyl (C=O) groups is 1. The number of hydrogen-bond donors (Lipinski definition) is 1.